The molecule has 174 valence electrons. The third kappa shape index (κ3) is 5.27. The van der Waals surface area contributed by atoms with Crippen molar-refractivity contribution in [2.75, 3.05) is 19.1 Å². The minimum Gasteiger partial charge on any atom is -0.497 e. The number of carbonyl (C=O) groups excluding carboxylic acids is 1. The van der Waals surface area contributed by atoms with Gasteiger partial charge in [0.2, 0.25) is 0 Å². The lowest BCUT2D eigenvalue weighted by atomic mass is 10.1. The van der Waals surface area contributed by atoms with E-state index in [9.17, 15) is 9.18 Å². The van der Waals surface area contributed by atoms with Crippen molar-refractivity contribution in [2.45, 2.75) is 6.61 Å². The minimum atomic E-state index is -0.302. The molecule has 0 bridgehead atoms. The van der Waals surface area contributed by atoms with E-state index in [1.54, 1.807) is 62.8 Å². The van der Waals surface area contributed by atoms with E-state index in [2.05, 4.69) is 15.9 Å². The number of nitrogens with zero attached hydrogens (tertiary/aromatic N) is 1. The van der Waals surface area contributed by atoms with Gasteiger partial charge in [-0.05, 0) is 81.7 Å². The first-order valence-corrected chi connectivity index (χ1v) is 12.1. The Hall–Kier alpha value is -2.88. The van der Waals surface area contributed by atoms with E-state index in [1.807, 2.05) is 6.07 Å². The molecule has 9 heteroatoms. The van der Waals surface area contributed by atoms with Crippen LogP contribution in [-0.2, 0) is 11.4 Å². The molecule has 1 heterocycles. The fraction of sp³-hybridized carbons (Fsp3) is 0.120. The lowest BCUT2D eigenvalue weighted by Gasteiger charge is -2.15. The molecule has 34 heavy (non-hydrogen) atoms. The van der Waals surface area contributed by atoms with E-state index < -0.39 is 0 Å². The zero-order valence-electron chi connectivity index (χ0n) is 18.2. The zero-order chi connectivity index (χ0) is 24.2. The van der Waals surface area contributed by atoms with E-state index in [-0.39, 0.29) is 18.3 Å². The Balaban J connectivity index is 1.56. The van der Waals surface area contributed by atoms with Gasteiger partial charge in [0.05, 0.1) is 29.3 Å². The van der Waals surface area contributed by atoms with Crippen LogP contribution in [-0.4, -0.2) is 24.4 Å². The Kier molecular flexibility index (Phi) is 7.55. The van der Waals surface area contributed by atoms with Crippen molar-refractivity contribution < 1.29 is 23.4 Å². The molecule has 0 aliphatic carbocycles. The third-order valence-corrected chi connectivity index (χ3v) is 6.86. The second-order valence-electron chi connectivity index (χ2n) is 7.16. The minimum absolute atomic E-state index is 0.202. The SMILES string of the molecule is COc1ccc(N2C(=O)/C(=C\c3cc(Br)c(OCc4ccc(F)cc4)c(OC)c3)SC2=S)cc1. The Morgan fingerprint density at radius 1 is 1.06 bits per heavy atom. The maximum absolute atomic E-state index is 13.1. The normalized spacial score (nSPS) is 14.6. The highest BCUT2D eigenvalue weighted by Gasteiger charge is 2.33. The van der Waals surface area contributed by atoms with Gasteiger partial charge in [0.1, 0.15) is 18.2 Å². The molecule has 0 saturated carbocycles. The van der Waals surface area contributed by atoms with Crippen molar-refractivity contribution in [3.63, 3.8) is 0 Å². The Morgan fingerprint density at radius 3 is 2.41 bits per heavy atom. The quantitative estimate of drug-likeness (QED) is 0.240. The van der Waals surface area contributed by atoms with E-state index in [0.717, 1.165) is 11.1 Å². The van der Waals surface area contributed by atoms with Gasteiger partial charge in [-0.2, -0.15) is 0 Å². The summed E-state index contributed by atoms with van der Waals surface area (Å²) in [6, 6.07) is 16.9. The number of carbonyl (C=O) groups is 1. The van der Waals surface area contributed by atoms with Gasteiger partial charge in [0, 0.05) is 0 Å². The molecular weight excluding hydrogens is 541 g/mol. The first kappa shape index (κ1) is 24.3. The highest BCUT2D eigenvalue weighted by molar-refractivity contribution is 9.10. The van der Waals surface area contributed by atoms with Crippen molar-refractivity contribution in [1.82, 2.24) is 0 Å². The summed E-state index contributed by atoms with van der Waals surface area (Å²) in [4.78, 5) is 15.1. The summed E-state index contributed by atoms with van der Waals surface area (Å²) >= 11 is 10.2. The van der Waals surface area contributed by atoms with Gasteiger partial charge in [-0.1, -0.05) is 36.1 Å². The molecule has 0 unspecified atom stereocenters. The summed E-state index contributed by atoms with van der Waals surface area (Å²) in [5, 5.41) is 0. The average Bonchev–Trinajstić information content (AvgIpc) is 3.11. The van der Waals surface area contributed by atoms with Crippen LogP contribution in [0.5, 0.6) is 17.2 Å². The molecule has 1 fully saturated rings. The number of amides is 1. The second kappa shape index (κ2) is 10.6. The highest BCUT2D eigenvalue weighted by Crippen LogP contribution is 2.40. The van der Waals surface area contributed by atoms with Crippen LogP contribution in [0.1, 0.15) is 11.1 Å². The molecule has 1 aliphatic rings. The van der Waals surface area contributed by atoms with Crippen molar-refractivity contribution >= 4 is 61.9 Å². The summed E-state index contributed by atoms with van der Waals surface area (Å²) in [5.74, 6) is 1.20. The fourth-order valence-electron chi connectivity index (χ4n) is 3.27. The standard InChI is InChI=1S/C25H19BrFNO4S2/c1-30-19-9-7-18(8-10-19)28-24(29)22(34-25(28)33)13-16-11-20(26)23(21(12-16)31-2)32-14-15-3-5-17(27)6-4-15/h3-13H,14H2,1-2H3/b22-13+. The number of hydrogen-bond acceptors (Lipinski definition) is 6. The molecule has 1 amide bonds. The van der Waals surface area contributed by atoms with Gasteiger partial charge >= 0.3 is 0 Å². The van der Waals surface area contributed by atoms with Gasteiger partial charge in [0.25, 0.3) is 5.91 Å². The van der Waals surface area contributed by atoms with Gasteiger partial charge in [0.15, 0.2) is 15.8 Å². The molecule has 1 aliphatic heterocycles. The number of thioether (sulfide) groups is 1. The van der Waals surface area contributed by atoms with Crippen LogP contribution in [0.2, 0.25) is 0 Å². The number of anilines is 1. The number of ether oxygens (including phenoxy) is 3. The van der Waals surface area contributed by atoms with Crippen LogP contribution in [0, 0.1) is 5.82 Å². The molecular formula is C25H19BrFNO4S2. The van der Waals surface area contributed by atoms with E-state index >= 15 is 0 Å². The predicted octanol–water partition coefficient (Wildman–Crippen LogP) is 6.59. The largest absolute Gasteiger partial charge is 0.497 e. The van der Waals surface area contributed by atoms with E-state index in [1.165, 1.54) is 28.8 Å². The van der Waals surface area contributed by atoms with E-state index in [0.29, 0.717) is 36.6 Å². The van der Waals surface area contributed by atoms with Crippen molar-refractivity contribution in [3.8, 4) is 17.2 Å². The molecule has 0 atom stereocenters. The third-order valence-electron chi connectivity index (χ3n) is 4.97. The van der Waals surface area contributed by atoms with Gasteiger partial charge in [-0.15, -0.1) is 0 Å². The van der Waals surface area contributed by atoms with E-state index in [4.69, 9.17) is 26.4 Å². The second-order valence-corrected chi connectivity index (χ2v) is 9.69. The van der Waals surface area contributed by atoms with Gasteiger partial charge < -0.3 is 14.2 Å². The van der Waals surface area contributed by atoms with Crippen LogP contribution in [0.4, 0.5) is 10.1 Å². The number of halogens is 2. The Morgan fingerprint density at radius 2 is 1.76 bits per heavy atom. The number of rotatable bonds is 7. The molecule has 0 aromatic heterocycles. The Bertz CT molecular complexity index is 1260. The van der Waals surface area contributed by atoms with Gasteiger partial charge in [-0.25, -0.2) is 4.39 Å². The van der Waals surface area contributed by atoms with Crippen molar-refractivity contribution in [1.29, 1.82) is 0 Å². The molecule has 0 radical (unpaired) electrons. The molecule has 5 nitrogen and oxygen atoms in total. The molecule has 0 spiro atoms. The maximum Gasteiger partial charge on any atom is 0.270 e. The summed E-state index contributed by atoms with van der Waals surface area (Å²) in [5.41, 5.74) is 2.24. The molecule has 3 aromatic rings. The average molecular weight is 560 g/mol. The Labute approximate surface area is 214 Å². The maximum atomic E-state index is 13.1. The smallest absolute Gasteiger partial charge is 0.270 e. The molecule has 0 N–H and O–H groups in total. The summed E-state index contributed by atoms with van der Waals surface area (Å²) in [7, 11) is 3.13. The zero-order valence-corrected chi connectivity index (χ0v) is 21.4. The first-order chi connectivity index (χ1) is 16.4. The van der Waals surface area contributed by atoms with Crippen molar-refractivity contribution in [2.24, 2.45) is 0 Å². The number of benzene rings is 3. The predicted molar refractivity (Wildman–Crippen MR) is 140 cm³/mol. The van der Waals surface area contributed by atoms with Crippen LogP contribution in [0.15, 0.2) is 70.0 Å². The summed E-state index contributed by atoms with van der Waals surface area (Å²) in [6.45, 7) is 0.245. The summed E-state index contributed by atoms with van der Waals surface area (Å²) in [6.07, 6.45) is 1.76. The highest BCUT2D eigenvalue weighted by atomic mass is 79.9. The monoisotopic (exact) mass is 559 g/mol. The van der Waals surface area contributed by atoms with Crippen LogP contribution >= 0.6 is 39.9 Å². The van der Waals surface area contributed by atoms with Crippen LogP contribution in [0.3, 0.4) is 0 Å². The van der Waals surface area contributed by atoms with Crippen LogP contribution < -0.4 is 19.1 Å². The lowest BCUT2D eigenvalue weighted by Crippen LogP contribution is -2.27. The number of thiocarbonyl (C=S) groups is 1. The number of methoxy groups -OCH3 is 2. The molecule has 3 aromatic carbocycles. The van der Waals surface area contributed by atoms with Crippen LogP contribution in [0.25, 0.3) is 6.08 Å². The van der Waals surface area contributed by atoms with Gasteiger partial charge in [-0.3, -0.25) is 9.69 Å². The lowest BCUT2D eigenvalue weighted by molar-refractivity contribution is -0.113. The fourth-order valence-corrected chi connectivity index (χ4v) is 5.15. The number of hydrogen-bond donors (Lipinski definition) is 0. The van der Waals surface area contributed by atoms with Crippen molar-refractivity contribution in [3.05, 3.63) is 87.0 Å². The topological polar surface area (TPSA) is 48.0 Å². The first-order valence-electron chi connectivity index (χ1n) is 10.1. The molecule has 4 rings (SSSR count). The molecule has 1 saturated heterocycles. The summed E-state index contributed by atoms with van der Waals surface area (Å²) < 4.78 is 30.9.